The Bertz CT molecular complexity index is 715. The van der Waals surface area contributed by atoms with Crippen molar-refractivity contribution in [2.75, 3.05) is 0 Å². The summed E-state index contributed by atoms with van der Waals surface area (Å²) in [6.07, 6.45) is 4.57. The van der Waals surface area contributed by atoms with Gasteiger partial charge in [-0.15, -0.1) is 0 Å². The molecule has 0 atom stereocenters. The molecule has 0 N–H and O–H groups in total. The fraction of sp³-hybridized carbons (Fsp3) is 0.400. The van der Waals surface area contributed by atoms with E-state index in [0.29, 0.717) is 18.0 Å². The summed E-state index contributed by atoms with van der Waals surface area (Å²) in [6, 6.07) is 7.85. The minimum absolute atomic E-state index is 0.268. The molecule has 0 amide bonds. The van der Waals surface area contributed by atoms with Gasteiger partial charge in [-0.2, -0.15) is 0 Å². The monoisotopic (exact) mass is 309 g/mol. The van der Waals surface area contributed by atoms with Crippen LogP contribution in [-0.2, 0) is 10.2 Å². The highest BCUT2D eigenvalue weighted by Gasteiger charge is 2.29. The fourth-order valence-electron chi connectivity index (χ4n) is 2.55. The number of hydrogen-bond acceptors (Lipinski definition) is 2. The molecular formula is C20H23NO2. The van der Waals surface area contributed by atoms with Crippen molar-refractivity contribution >= 4 is 11.5 Å². The molecule has 3 heteroatoms. The molecule has 0 unspecified atom stereocenters. The molecule has 23 heavy (non-hydrogen) atoms. The van der Waals surface area contributed by atoms with Gasteiger partial charge >= 0.3 is 0 Å². The van der Waals surface area contributed by atoms with Crippen molar-refractivity contribution in [2.24, 2.45) is 5.92 Å². The second kappa shape index (κ2) is 6.83. The van der Waals surface area contributed by atoms with Gasteiger partial charge in [-0.3, -0.25) is 4.79 Å². The lowest BCUT2D eigenvalue weighted by Gasteiger charge is -2.24. The van der Waals surface area contributed by atoms with Gasteiger partial charge in [0.05, 0.1) is 19.1 Å². The predicted octanol–water partition coefficient (Wildman–Crippen LogP) is 5.78. The average molecular weight is 309 g/mol. The maximum atomic E-state index is 12.5. The van der Waals surface area contributed by atoms with E-state index in [9.17, 15) is 4.79 Å². The fourth-order valence-corrected chi connectivity index (χ4v) is 2.55. The number of hydrogen-bond donors (Lipinski definition) is 0. The first kappa shape index (κ1) is 17.0. The third-order valence-electron chi connectivity index (χ3n) is 4.33. The number of ketones is 1. The lowest BCUT2D eigenvalue weighted by Crippen LogP contribution is -2.29. The van der Waals surface area contributed by atoms with Crippen molar-refractivity contribution in [1.29, 1.82) is 0 Å². The van der Waals surface area contributed by atoms with Crippen molar-refractivity contribution < 1.29 is 9.21 Å². The summed E-state index contributed by atoms with van der Waals surface area (Å²) in [4.78, 5) is 16.0. The van der Waals surface area contributed by atoms with Crippen LogP contribution in [0.25, 0.3) is 16.0 Å². The Balaban J connectivity index is 2.21. The van der Waals surface area contributed by atoms with Crippen LogP contribution in [0.15, 0.2) is 41.2 Å². The van der Waals surface area contributed by atoms with Crippen LogP contribution in [0, 0.1) is 12.5 Å². The minimum atomic E-state index is -0.494. The summed E-state index contributed by atoms with van der Waals surface area (Å²) < 4.78 is 5.11. The molecule has 2 aromatic rings. The smallest absolute Gasteiger partial charge is 0.232 e. The molecule has 0 aliphatic carbocycles. The quantitative estimate of drug-likeness (QED) is 0.634. The Morgan fingerprint density at radius 2 is 1.87 bits per heavy atom. The lowest BCUT2D eigenvalue weighted by molar-refractivity contribution is -0.123. The highest BCUT2D eigenvalue weighted by Crippen LogP contribution is 2.34. The first-order valence-electron chi connectivity index (χ1n) is 7.94. The molecule has 0 saturated carbocycles. The highest BCUT2D eigenvalue weighted by molar-refractivity contribution is 5.89. The number of benzene rings is 1. The molecule has 0 aliphatic heterocycles. The van der Waals surface area contributed by atoms with Crippen LogP contribution in [-0.4, -0.2) is 5.78 Å². The highest BCUT2D eigenvalue weighted by atomic mass is 16.3. The topological polar surface area (TPSA) is 34.6 Å². The maximum Gasteiger partial charge on any atom is 0.232 e. The largest absolute Gasteiger partial charge is 0.484 e. The molecular weight excluding hydrogens is 286 g/mol. The summed E-state index contributed by atoms with van der Waals surface area (Å²) in [5, 5.41) is 0. The Morgan fingerprint density at radius 3 is 2.43 bits per heavy atom. The van der Waals surface area contributed by atoms with Crippen LogP contribution in [0.5, 0.6) is 0 Å². The van der Waals surface area contributed by atoms with Gasteiger partial charge in [0.25, 0.3) is 0 Å². The molecule has 0 fully saturated rings. The van der Waals surface area contributed by atoms with E-state index in [2.05, 4.69) is 18.7 Å². The summed E-state index contributed by atoms with van der Waals surface area (Å²) in [5.41, 5.74) is 2.73. The number of nitrogens with zero attached hydrogens (tertiary/aromatic N) is 1. The second-order valence-corrected chi connectivity index (χ2v) is 6.84. The van der Waals surface area contributed by atoms with Crippen molar-refractivity contribution in [3.05, 3.63) is 53.8 Å². The summed E-state index contributed by atoms with van der Waals surface area (Å²) in [7, 11) is 0. The molecule has 2 rings (SSSR count). The molecule has 0 bridgehead atoms. The van der Waals surface area contributed by atoms with E-state index in [1.807, 2.05) is 38.1 Å². The van der Waals surface area contributed by atoms with Gasteiger partial charge in [0.2, 0.25) is 5.69 Å². The van der Waals surface area contributed by atoms with E-state index >= 15 is 0 Å². The summed E-state index contributed by atoms with van der Waals surface area (Å²) >= 11 is 0. The van der Waals surface area contributed by atoms with Gasteiger partial charge in [0.15, 0.2) is 0 Å². The molecule has 3 nitrogen and oxygen atoms in total. The Morgan fingerprint density at radius 1 is 1.22 bits per heavy atom. The zero-order valence-electron chi connectivity index (χ0n) is 14.2. The van der Waals surface area contributed by atoms with Gasteiger partial charge < -0.3 is 4.42 Å². The van der Waals surface area contributed by atoms with Crippen molar-refractivity contribution in [1.82, 2.24) is 0 Å². The zero-order chi connectivity index (χ0) is 17.0. The second-order valence-electron chi connectivity index (χ2n) is 6.84. The molecule has 0 saturated heterocycles. The Labute approximate surface area is 138 Å². The molecule has 120 valence electrons. The standard InChI is InChI=1S/C20H23NO2/c1-14(2)6-11-19(22)20(3,4)16-9-7-15(8-10-16)17-12-23-13-18(17)21-5/h7-10,12-14H,6,11H2,1-4H3. The molecule has 0 spiro atoms. The third-order valence-corrected chi connectivity index (χ3v) is 4.33. The summed E-state index contributed by atoms with van der Waals surface area (Å²) in [6.45, 7) is 15.4. The van der Waals surface area contributed by atoms with Gasteiger partial charge in [0.1, 0.15) is 5.78 Å². The predicted molar refractivity (Wildman–Crippen MR) is 92.5 cm³/mol. The van der Waals surface area contributed by atoms with Gasteiger partial charge in [0, 0.05) is 17.4 Å². The zero-order valence-corrected chi connectivity index (χ0v) is 14.2. The number of rotatable bonds is 6. The number of furan rings is 1. The van der Waals surface area contributed by atoms with E-state index in [1.54, 1.807) is 6.26 Å². The lowest BCUT2D eigenvalue weighted by atomic mass is 9.78. The number of carbonyl (C=O) groups excluding carboxylic acids is 1. The third kappa shape index (κ3) is 3.71. The maximum absolute atomic E-state index is 12.5. The number of Topliss-reactive ketones (excluding diaryl/α,β-unsaturated/α-hetero) is 1. The van der Waals surface area contributed by atoms with Crippen LogP contribution < -0.4 is 0 Å². The molecule has 0 radical (unpaired) electrons. The van der Waals surface area contributed by atoms with Crippen LogP contribution in [0.4, 0.5) is 5.69 Å². The first-order chi connectivity index (χ1) is 10.9. The Hall–Kier alpha value is -2.34. The van der Waals surface area contributed by atoms with Gasteiger partial charge in [-0.1, -0.05) is 38.1 Å². The SMILES string of the molecule is [C-]#[N+]c1cocc1-c1ccc(C(C)(C)C(=O)CCC(C)C)cc1. The molecule has 1 aromatic carbocycles. The van der Waals surface area contributed by atoms with E-state index in [1.165, 1.54) is 6.26 Å². The number of carbonyl (C=O) groups is 1. The van der Waals surface area contributed by atoms with Gasteiger partial charge in [-0.25, -0.2) is 4.85 Å². The van der Waals surface area contributed by atoms with Crippen LogP contribution in [0.3, 0.4) is 0 Å². The van der Waals surface area contributed by atoms with E-state index < -0.39 is 5.41 Å². The first-order valence-corrected chi connectivity index (χ1v) is 7.94. The van der Waals surface area contributed by atoms with Crippen molar-refractivity contribution in [3.8, 4) is 11.1 Å². The Kier molecular flexibility index (Phi) is 5.05. The van der Waals surface area contributed by atoms with E-state index in [-0.39, 0.29) is 5.78 Å². The minimum Gasteiger partial charge on any atom is -0.484 e. The molecule has 1 heterocycles. The molecule has 1 aromatic heterocycles. The van der Waals surface area contributed by atoms with E-state index in [4.69, 9.17) is 11.0 Å². The van der Waals surface area contributed by atoms with Crippen molar-refractivity contribution in [3.63, 3.8) is 0 Å². The van der Waals surface area contributed by atoms with Crippen LogP contribution >= 0.6 is 0 Å². The van der Waals surface area contributed by atoms with E-state index in [0.717, 1.165) is 23.1 Å². The van der Waals surface area contributed by atoms with Gasteiger partial charge in [-0.05, 0) is 37.3 Å². The summed E-state index contributed by atoms with van der Waals surface area (Å²) in [5.74, 6) is 0.800. The normalized spacial score (nSPS) is 11.5. The average Bonchev–Trinajstić information content (AvgIpc) is 3.01. The molecule has 0 aliphatic rings. The van der Waals surface area contributed by atoms with Crippen molar-refractivity contribution in [2.45, 2.75) is 46.0 Å². The van der Waals surface area contributed by atoms with Crippen LogP contribution in [0.2, 0.25) is 0 Å². The van der Waals surface area contributed by atoms with Crippen LogP contribution in [0.1, 0.15) is 46.1 Å².